The van der Waals surface area contributed by atoms with Gasteiger partial charge in [0.15, 0.2) is 0 Å². The maximum Gasteiger partial charge on any atom is -0.0159 e. The van der Waals surface area contributed by atoms with E-state index < -0.39 is 0 Å². The lowest BCUT2D eigenvalue weighted by Gasteiger charge is -2.42. The van der Waals surface area contributed by atoms with Crippen LogP contribution in [0, 0.1) is 23.7 Å². The first-order valence-electron chi connectivity index (χ1n) is 10.8. The van der Waals surface area contributed by atoms with Gasteiger partial charge in [-0.15, -0.1) is 0 Å². The first kappa shape index (κ1) is 16.7. The molecule has 0 bridgehead atoms. The summed E-state index contributed by atoms with van der Waals surface area (Å²) in [7, 11) is 0. The summed E-state index contributed by atoms with van der Waals surface area (Å²) in [6.07, 6.45) is 15.9. The van der Waals surface area contributed by atoms with Crippen molar-refractivity contribution in [2.45, 2.75) is 90.4 Å². The summed E-state index contributed by atoms with van der Waals surface area (Å²) < 4.78 is 0. The second kappa shape index (κ2) is 7.22. The van der Waals surface area contributed by atoms with E-state index in [-0.39, 0.29) is 0 Å². The van der Waals surface area contributed by atoms with Crippen LogP contribution in [0.15, 0.2) is 18.2 Å². The molecule has 0 heteroatoms. The van der Waals surface area contributed by atoms with Gasteiger partial charge in [-0.25, -0.2) is 0 Å². The molecule has 3 aliphatic carbocycles. The van der Waals surface area contributed by atoms with Crippen LogP contribution in [0.1, 0.15) is 94.2 Å². The highest BCUT2D eigenvalue weighted by molar-refractivity contribution is 5.36. The minimum absolute atomic E-state index is 0.860. The van der Waals surface area contributed by atoms with E-state index in [2.05, 4.69) is 32.0 Å². The predicted molar refractivity (Wildman–Crippen MR) is 103 cm³/mol. The smallest absolute Gasteiger partial charge is 0.0159 e. The highest BCUT2D eigenvalue weighted by Gasteiger charge is 2.35. The Morgan fingerprint density at radius 3 is 2.62 bits per heavy atom. The Labute approximate surface area is 149 Å². The van der Waals surface area contributed by atoms with E-state index in [4.69, 9.17) is 0 Å². The van der Waals surface area contributed by atoms with E-state index in [1.54, 1.807) is 23.1 Å². The van der Waals surface area contributed by atoms with Gasteiger partial charge in [-0.1, -0.05) is 51.3 Å². The summed E-state index contributed by atoms with van der Waals surface area (Å²) in [5, 5.41) is 0. The van der Waals surface area contributed by atoms with Gasteiger partial charge in [0.2, 0.25) is 0 Å². The summed E-state index contributed by atoms with van der Waals surface area (Å²) in [4.78, 5) is 0. The lowest BCUT2D eigenvalue weighted by molar-refractivity contribution is 0.114. The van der Waals surface area contributed by atoms with Crippen LogP contribution in [0.2, 0.25) is 0 Å². The van der Waals surface area contributed by atoms with Crippen molar-refractivity contribution in [1.29, 1.82) is 0 Å². The SMILES string of the molecule is CCCC1CCC2CC(c3ccc4c(c3)CCC(C)C4)CCC2C1. The average molecular weight is 325 g/mol. The molecule has 0 aliphatic heterocycles. The van der Waals surface area contributed by atoms with Crippen LogP contribution >= 0.6 is 0 Å². The first-order valence-corrected chi connectivity index (χ1v) is 10.8. The molecule has 0 aromatic heterocycles. The van der Waals surface area contributed by atoms with Gasteiger partial charge in [0, 0.05) is 0 Å². The molecule has 0 spiro atoms. The highest BCUT2D eigenvalue weighted by atomic mass is 14.4. The van der Waals surface area contributed by atoms with E-state index in [0.717, 1.165) is 29.6 Å². The second-order valence-electron chi connectivity index (χ2n) is 9.37. The summed E-state index contributed by atoms with van der Waals surface area (Å²) in [5.74, 6) is 4.90. The maximum atomic E-state index is 2.61. The second-order valence-corrected chi connectivity index (χ2v) is 9.37. The number of aryl methyl sites for hydroxylation is 1. The first-order chi connectivity index (χ1) is 11.7. The number of hydrogen-bond donors (Lipinski definition) is 0. The van der Waals surface area contributed by atoms with E-state index in [0.29, 0.717) is 0 Å². The fourth-order valence-corrected chi connectivity index (χ4v) is 6.17. The van der Waals surface area contributed by atoms with Crippen LogP contribution in [0.25, 0.3) is 0 Å². The van der Waals surface area contributed by atoms with E-state index >= 15 is 0 Å². The highest BCUT2D eigenvalue weighted by Crippen LogP contribution is 2.48. The van der Waals surface area contributed by atoms with Crippen LogP contribution in [-0.2, 0) is 12.8 Å². The third kappa shape index (κ3) is 3.44. The van der Waals surface area contributed by atoms with Gasteiger partial charge in [0.1, 0.15) is 0 Å². The largest absolute Gasteiger partial charge is 0.0654 e. The van der Waals surface area contributed by atoms with Crippen LogP contribution < -0.4 is 0 Å². The molecule has 0 radical (unpaired) electrons. The summed E-state index contributed by atoms with van der Waals surface area (Å²) in [6, 6.07) is 7.57. The van der Waals surface area contributed by atoms with E-state index in [9.17, 15) is 0 Å². The Balaban J connectivity index is 1.42. The number of hydrogen-bond acceptors (Lipinski definition) is 0. The summed E-state index contributed by atoms with van der Waals surface area (Å²) in [5.41, 5.74) is 5.00. The Morgan fingerprint density at radius 1 is 0.917 bits per heavy atom. The molecule has 4 rings (SSSR count). The lowest BCUT2D eigenvalue weighted by Crippen LogP contribution is -2.30. The maximum absolute atomic E-state index is 2.61. The van der Waals surface area contributed by atoms with Gasteiger partial charge in [-0.2, -0.15) is 0 Å². The average Bonchev–Trinajstić information content (AvgIpc) is 2.61. The predicted octanol–water partition coefficient (Wildman–Crippen LogP) is 6.91. The van der Waals surface area contributed by atoms with Crippen molar-refractivity contribution in [3.8, 4) is 0 Å². The van der Waals surface area contributed by atoms with Crippen molar-refractivity contribution >= 4 is 0 Å². The van der Waals surface area contributed by atoms with Crippen LogP contribution in [0.5, 0.6) is 0 Å². The Hall–Kier alpha value is -0.780. The van der Waals surface area contributed by atoms with Gasteiger partial charge in [-0.05, 0) is 97.6 Å². The number of fused-ring (bicyclic) bond motifs is 2. The summed E-state index contributed by atoms with van der Waals surface area (Å²) in [6.45, 7) is 4.77. The minimum atomic E-state index is 0.860. The molecule has 0 nitrogen and oxygen atoms in total. The van der Waals surface area contributed by atoms with Gasteiger partial charge in [0.25, 0.3) is 0 Å². The Kier molecular flexibility index (Phi) is 5.02. The quantitative estimate of drug-likeness (QED) is 0.566. The molecule has 2 fully saturated rings. The van der Waals surface area contributed by atoms with Gasteiger partial charge < -0.3 is 0 Å². The summed E-state index contributed by atoms with van der Waals surface area (Å²) >= 11 is 0. The topological polar surface area (TPSA) is 0 Å². The molecule has 0 saturated heterocycles. The zero-order valence-electron chi connectivity index (χ0n) is 15.9. The standard InChI is InChI=1S/C24H36/c1-3-4-18-6-8-22-16-24(12-10-20(22)14-18)23-11-9-19-13-17(2)5-7-21(19)15-23/h9,11,15,17-18,20,22,24H,3-8,10,12-14,16H2,1-2H3. The molecule has 3 aliphatic rings. The third-order valence-electron chi connectivity index (χ3n) is 7.60. The van der Waals surface area contributed by atoms with Crippen LogP contribution in [0.3, 0.4) is 0 Å². The Morgan fingerprint density at radius 2 is 1.75 bits per heavy atom. The molecule has 2 saturated carbocycles. The van der Waals surface area contributed by atoms with E-state index in [1.165, 1.54) is 64.2 Å². The van der Waals surface area contributed by atoms with Gasteiger partial charge in [-0.3, -0.25) is 0 Å². The third-order valence-corrected chi connectivity index (χ3v) is 7.60. The molecule has 0 heterocycles. The normalized spacial score (nSPS) is 36.0. The molecule has 24 heavy (non-hydrogen) atoms. The zero-order chi connectivity index (χ0) is 16.5. The molecule has 5 unspecified atom stereocenters. The van der Waals surface area contributed by atoms with Crippen LogP contribution in [-0.4, -0.2) is 0 Å². The zero-order valence-corrected chi connectivity index (χ0v) is 15.9. The van der Waals surface area contributed by atoms with Crippen molar-refractivity contribution in [2.24, 2.45) is 23.7 Å². The molecule has 0 amide bonds. The lowest BCUT2D eigenvalue weighted by atomic mass is 9.63. The monoisotopic (exact) mass is 324 g/mol. The van der Waals surface area contributed by atoms with Crippen molar-refractivity contribution in [1.82, 2.24) is 0 Å². The molecule has 1 aromatic rings. The molecule has 5 atom stereocenters. The van der Waals surface area contributed by atoms with Gasteiger partial charge >= 0.3 is 0 Å². The molecule has 1 aromatic carbocycles. The fraction of sp³-hybridized carbons (Fsp3) is 0.750. The fourth-order valence-electron chi connectivity index (χ4n) is 6.17. The molecular weight excluding hydrogens is 288 g/mol. The minimum Gasteiger partial charge on any atom is -0.0654 e. The molecular formula is C24H36. The van der Waals surface area contributed by atoms with Gasteiger partial charge in [0.05, 0.1) is 0 Å². The van der Waals surface area contributed by atoms with Crippen molar-refractivity contribution in [2.75, 3.05) is 0 Å². The van der Waals surface area contributed by atoms with Crippen molar-refractivity contribution in [3.63, 3.8) is 0 Å². The number of rotatable bonds is 3. The molecule has 0 N–H and O–H groups in total. The van der Waals surface area contributed by atoms with Crippen molar-refractivity contribution < 1.29 is 0 Å². The van der Waals surface area contributed by atoms with Crippen molar-refractivity contribution in [3.05, 3.63) is 34.9 Å². The molecule has 132 valence electrons. The Bertz CT molecular complexity index is 557. The van der Waals surface area contributed by atoms with E-state index in [1.807, 2.05) is 0 Å². The number of benzene rings is 1. The van der Waals surface area contributed by atoms with Crippen LogP contribution in [0.4, 0.5) is 0 Å².